The van der Waals surface area contributed by atoms with E-state index in [2.05, 4.69) is 5.32 Å². The highest BCUT2D eigenvalue weighted by Crippen LogP contribution is 2.11. The van der Waals surface area contributed by atoms with E-state index >= 15 is 0 Å². The zero-order chi connectivity index (χ0) is 16.8. The lowest BCUT2D eigenvalue weighted by Gasteiger charge is -2.14. The summed E-state index contributed by atoms with van der Waals surface area (Å²) in [5.74, 6) is -0.635. The van der Waals surface area contributed by atoms with Gasteiger partial charge in [0.05, 0.1) is 12.0 Å². The van der Waals surface area contributed by atoms with Crippen molar-refractivity contribution in [1.82, 2.24) is 0 Å². The van der Waals surface area contributed by atoms with Crippen molar-refractivity contribution in [1.29, 1.82) is 0 Å². The lowest BCUT2D eigenvalue weighted by molar-refractivity contribution is -0.885. The van der Waals surface area contributed by atoms with Gasteiger partial charge in [0, 0.05) is 23.4 Å². The molecule has 0 saturated carbocycles. The van der Waals surface area contributed by atoms with E-state index in [1.165, 1.54) is 30.3 Å². The molecule has 7 heteroatoms. The van der Waals surface area contributed by atoms with Crippen LogP contribution in [0.5, 0.6) is 0 Å². The maximum atomic E-state index is 13.1. The summed E-state index contributed by atoms with van der Waals surface area (Å²) in [6.07, 6.45) is 0. The number of likely N-dealkylation sites (N-methyl/N-ethyl adjacent to an activating group) is 1. The van der Waals surface area contributed by atoms with Crippen molar-refractivity contribution in [2.75, 3.05) is 18.9 Å². The van der Waals surface area contributed by atoms with Gasteiger partial charge in [0.25, 0.3) is 11.6 Å². The summed E-state index contributed by atoms with van der Waals surface area (Å²) < 4.78 is 13.1. The number of nitro groups is 1. The number of hydrogen-bond acceptors (Lipinski definition) is 3. The van der Waals surface area contributed by atoms with Crippen LogP contribution in [-0.2, 0) is 11.3 Å². The van der Waals surface area contributed by atoms with Gasteiger partial charge in [-0.25, -0.2) is 4.39 Å². The van der Waals surface area contributed by atoms with Gasteiger partial charge in [-0.2, -0.15) is 0 Å². The Kier molecular flexibility index (Phi) is 5.37. The second-order valence-corrected chi connectivity index (χ2v) is 5.29. The molecule has 0 fully saturated rings. The maximum absolute atomic E-state index is 13.1. The van der Waals surface area contributed by atoms with Crippen LogP contribution in [0.3, 0.4) is 0 Å². The highest BCUT2D eigenvalue weighted by atomic mass is 19.1. The second-order valence-electron chi connectivity index (χ2n) is 5.29. The second kappa shape index (κ2) is 7.46. The van der Waals surface area contributed by atoms with Crippen LogP contribution in [0.1, 0.15) is 5.56 Å². The van der Waals surface area contributed by atoms with Crippen molar-refractivity contribution in [3.05, 3.63) is 70.0 Å². The number of amides is 1. The maximum Gasteiger partial charge on any atom is 0.279 e. The molecule has 1 atom stereocenters. The molecular weight excluding hydrogens is 301 g/mol. The van der Waals surface area contributed by atoms with E-state index in [4.69, 9.17) is 0 Å². The molecule has 120 valence electrons. The lowest BCUT2D eigenvalue weighted by Crippen LogP contribution is -3.08. The van der Waals surface area contributed by atoms with Crippen LogP contribution in [0, 0.1) is 15.9 Å². The first kappa shape index (κ1) is 16.6. The molecule has 0 aliphatic rings. The standard InChI is InChI=1S/C16H16FN3O3/c1-19(10-12-5-7-15(8-6-12)20(22)23)11-16(21)18-14-4-2-3-13(17)9-14/h2-9H,10-11H2,1H3,(H,18,21)/p+1. The molecule has 0 aliphatic carbocycles. The fourth-order valence-corrected chi connectivity index (χ4v) is 2.19. The largest absolute Gasteiger partial charge is 0.326 e. The summed E-state index contributed by atoms with van der Waals surface area (Å²) in [6, 6.07) is 11.9. The van der Waals surface area contributed by atoms with E-state index in [1.54, 1.807) is 18.2 Å². The number of carbonyl (C=O) groups excluding carboxylic acids is 1. The number of nitrogens with zero attached hydrogens (tertiary/aromatic N) is 1. The Morgan fingerprint density at radius 3 is 2.57 bits per heavy atom. The monoisotopic (exact) mass is 318 g/mol. The zero-order valence-electron chi connectivity index (χ0n) is 12.6. The minimum absolute atomic E-state index is 0.0373. The van der Waals surface area contributed by atoms with Gasteiger partial charge in [-0.3, -0.25) is 14.9 Å². The van der Waals surface area contributed by atoms with Gasteiger partial charge in [-0.1, -0.05) is 6.07 Å². The predicted octanol–water partition coefficient (Wildman–Crippen LogP) is 1.39. The molecule has 0 saturated heterocycles. The fourth-order valence-electron chi connectivity index (χ4n) is 2.19. The van der Waals surface area contributed by atoms with E-state index in [-0.39, 0.29) is 18.1 Å². The van der Waals surface area contributed by atoms with Crippen LogP contribution in [0.4, 0.5) is 15.8 Å². The molecule has 2 rings (SSSR count). The average molecular weight is 318 g/mol. The van der Waals surface area contributed by atoms with Crippen molar-refractivity contribution in [2.45, 2.75) is 6.54 Å². The Balaban J connectivity index is 1.87. The van der Waals surface area contributed by atoms with Gasteiger partial charge in [0.15, 0.2) is 6.54 Å². The van der Waals surface area contributed by atoms with E-state index in [0.717, 1.165) is 10.5 Å². The first-order valence-electron chi connectivity index (χ1n) is 7.04. The van der Waals surface area contributed by atoms with Gasteiger partial charge >= 0.3 is 0 Å². The number of nitrogens with one attached hydrogen (secondary N) is 2. The number of anilines is 1. The molecule has 0 radical (unpaired) electrons. The number of halogens is 1. The van der Waals surface area contributed by atoms with Crippen molar-refractivity contribution >= 4 is 17.3 Å². The first-order chi connectivity index (χ1) is 10.9. The number of carbonyl (C=O) groups is 1. The van der Waals surface area contributed by atoms with Gasteiger partial charge in [-0.05, 0) is 30.3 Å². The van der Waals surface area contributed by atoms with E-state index in [9.17, 15) is 19.3 Å². The number of nitro benzene ring substituents is 1. The van der Waals surface area contributed by atoms with Crippen molar-refractivity contribution in [3.8, 4) is 0 Å². The highest BCUT2D eigenvalue weighted by molar-refractivity contribution is 5.91. The summed E-state index contributed by atoms with van der Waals surface area (Å²) in [5, 5.41) is 13.2. The summed E-state index contributed by atoms with van der Waals surface area (Å²) >= 11 is 0. The van der Waals surface area contributed by atoms with Gasteiger partial charge in [0.2, 0.25) is 0 Å². The van der Waals surface area contributed by atoms with Gasteiger partial charge in [0.1, 0.15) is 12.4 Å². The molecule has 0 spiro atoms. The lowest BCUT2D eigenvalue weighted by atomic mass is 10.2. The van der Waals surface area contributed by atoms with Crippen LogP contribution in [0.2, 0.25) is 0 Å². The normalized spacial score (nSPS) is 11.7. The SMILES string of the molecule is C[NH+](CC(=O)Nc1cccc(F)c1)Cc1ccc([N+](=O)[O-])cc1. The van der Waals surface area contributed by atoms with Crippen LogP contribution < -0.4 is 10.2 Å². The number of benzene rings is 2. The Bertz CT molecular complexity index is 704. The van der Waals surface area contributed by atoms with Crippen molar-refractivity contribution in [2.24, 2.45) is 0 Å². The number of non-ortho nitro benzene ring substituents is 1. The molecule has 2 aromatic carbocycles. The molecule has 1 amide bonds. The Morgan fingerprint density at radius 1 is 1.26 bits per heavy atom. The summed E-state index contributed by atoms with van der Waals surface area (Å²) in [6.45, 7) is 0.752. The van der Waals surface area contributed by atoms with Gasteiger partial charge in [-0.15, -0.1) is 0 Å². The van der Waals surface area contributed by atoms with Crippen LogP contribution in [0.15, 0.2) is 48.5 Å². The summed E-state index contributed by atoms with van der Waals surface area (Å²) in [7, 11) is 1.84. The molecule has 2 N–H and O–H groups in total. The quantitative estimate of drug-likeness (QED) is 0.624. The summed E-state index contributed by atoms with van der Waals surface area (Å²) in [4.78, 5) is 23.0. The molecule has 0 aliphatic heterocycles. The molecule has 6 nitrogen and oxygen atoms in total. The Morgan fingerprint density at radius 2 is 1.96 bits per heavy atom. The third kappa shape index (κ3) is 5.15. The van der Waals surface area contributed by atoms with Gasteiger partial charge < -0.3 is 10.2 Å². The molecule has 0 heterocycles. The fraction of sp³-hybridized carbons (Fsp3) is 0.188. The Labute approximate surface area is 132 Å². The molecular formula is C16H17FN3O3+. The number of rotatable bonds is 6. The Hall–Kier alpha value is -2.80. The van der Waals surface area contributed by atoms with Crippen molar-refractivity contribution < 1.29 is 19.0 Å². The number of hydrogen-bond donors (Lipinski definition) is 2. The molecule has 0 aromatic heterocycles. The highest BCUT2D eigenvalue weighted by Gasteiger charge is 2.12. The average Bonchev–Trinajstić information content (AvgIpc) is 2.47. The first-order valence-corrected chi connectivity index (χ1v) is 7.04. The smallest absolute Gasteiger partial charge is 0.279 e. The van der Waals surface area contributed by atoms with Crippen LogP contribution in [0.25, 0.3) is 0 Å². The predicted molar refractivity (Wildman–Crippen MR) is 83.6 cm³/mol. The van der Waals surface area contributed by atoms with Crippen molar-refractivity contribution in [3.63, 3.8) is 0 Å². The minimum atomic E-state index is -0.452. The minimum Gasteiger partial charge on any atom is -0.326 e. The van der Waals surface area contributed by atoms with Crippen LogP contribution >= 0.6 is 0 Å². The molecule has 23 heavy (non-hydrogen) atoms. The zero-order valence-corrected chi connectivity index (χ0v) is 12.6. The third-order valence-corrected chi connectivity index (χ3v) is 3.22. The molecule has 0 bridgehead atoms. The number of quaternary nitrogens is 1. The molecule has 1 unspecified atom stereocenters. The van der Waals surface area contributed by atoms with E-state index < -0.39 is 10.7 Å². The topological polar surface area (TPSA) is 76.7 Å². The van der Waals surface area contributed by atoms with E-state index in [0.29, 0.717) is 12.2 Å². The third-order valence-electron chi connectivity index (χ3n) is 3.22. The molecule has 2 aromatic rings. The summed E-state index contributed by atoms with van der Waals surface area (Å²) in [5.41, 5.74) is 1.35. The van der Waals surface area contributed by atoms with E-state index in [1.807, 2.05) is 7.05 Å². The van der Waals surface area contributed by atoms with Crippen LogP contribution in [-0.4, -0.2) is 24.4 Å².